The molecule has 2 aromatic rings. The predicted molar refractivity (Wildman–Crippen MR) is 73.8 cm³/mol. The van der Waals surface area contributed by atoms with Crippen LogP contribution in [0.1, 0.15) is 16.7 Å². The summed E-state index contributed by atoms with van der Waals surface area (Å²) < 4.78 is 5.61. The molecule has 0 atom stereocenters. The molecule has 0 amide bonds. The molecule has 0 saturated heterocycles. The molecule has 0 radical (unpaired) electrons. The van der Waals surface area contributed by atoms with Crippen LogP contribution in [0.5, 0.6) is 11.5 Å². The summed E-state index contributed by atoms with van der Waals surface area (Å²) in [4.78, 5) is 10.6. The van der Waals surface area contributed by atoms with Crippen LogP contribution in [0.25, 0.3) is 0 Å². The molecule has 0 aliphatic rings. The first kappa shape index (κ1) is 13.6. The molecule has 0 spiro atoms. The fraction of sp³-hybridized carbons (Fsp3) is 0.133. The molecular formula is C15H12N2O3. The molecule has 5 heteroatoms. The van der Waals surface area contributed by atoms with E-state index in [1.165, 1.54) is 6.07 Å². The molecule has 0 unspecified atom stereocenters. The van der Waals surface area contributed by atoms with Gasteiger partial charge in [-0.3, -0.25) is 10.1 Å². The van der Waals surface area contributed by atoms with E-state index in [1.54, 1.807) is 38.1 Å². The van der Waals surface area contributed by atoms with Gasteiger partial charge in [0.1, 0.15) is 5.75 Å². The minimum Gasteiger partial charge on any atom is -0.450 e. The van der Waals surface area contributed by atoms with Crippen molar-refractivity contribution in [1.82, 2.24) is 0 Å². The van der Waals surface area contributed by atoms with E-state index in [0.717, 1.165) is 5.56 Å². The van der Waals surface area contributed by atoms with Crippen LogP contribution in [-0.2, 0) is 0 Å². The summed E-state index contributed by atoms with van der Waals surface area (Å²) in [5, 5.41) is 20.0. The van der Waals surface area contributed by atoms with Gasteiger partial charge in [-0.05, 0) is 43.2 Å². The van der Waals surface area contributed by atoms with E-state index in [9.17, 15) is 10.1 Å². The zero-order valence-corrected chi connectivity index (χ0v) is 11.1. The van der Waals surface area contributed by atoms with Crippen LogP contribution >= 0.6 is 0 Å². The van der Waals surface area contributed by atoms with Crippen LogP contribution < -0.4 is 4.74 Å². The van der Waals surface area contributed by atoms with Crippen LogP contribution in [0.4, 0.5) is 5.69 Å². The van der Waals surface area contributed by atoms with Gasteiger partial charge in [-0.25, -0.2) is 0 Å². The Balaban J connectivity index is 2.48. The molecule has 20 heavy (non-hydrogen) atoms. The van der Waals surface area contributed by atoms with E-state index in [1.807, 2.05) is 12.1 Å². The first-order chi connectivity index (χ1) is 9.51. The largest absolute Gasteiger partial charge is 0.450 e. The number of ether oxygens (including phenoxy) is 1. The number of nitriles is 1. The van der Waals surface area contributed by atoms with Gasteiger partial charge < -0.3 is 4.74 Å². The zero-order valence-electron chi connectivity index (χ0n) is 11.1. The van der Waals surface area contributed by atoms with Crippen molar-refractivity contribution in [3.63, 3.8) is 0 Å². The number of aryl methyl sites for hydroxylation is 2. The lowest BCUT2D eigenvalue weighted by Crippen LogP contribution is -1.97. The molecule has 0 saturated carbocycles. The smallest absolute Gasteiger partial charge is 0.312 e. The summed E-state index contributed by atoms with van der Waals surface area (Å²) in [7, 11) is 0. The average molecular weight is 268 g/mol. The van der Waals surface area contributed by atoms with Crippen LogP contribution in [0.2, 0.25) is 0 Å². The van der Waals surface area contributed by atoms with Crippen molar-refractivity contribution in [3.8, 4) is 17.6 Å². The Morgan fingerprint density at radius 1 is 1.25 bits per heavy atom. The van der Waals surface area contributed by atoms with E-state index in [-0.39, 0.29) is 11.4 Å². The summed E-state index contributed by atoms with van der Waals surface area (Å²) in [6.07, 6.45) is 0. The Kier molecular flexibility index (Phi) is 3.67. The van der Waals surface area contributed by atoms with Gasteiger partial charge in [-0.15, -0.1) is 0 Å². The normalized spacial score (nSPS) is 9.85. The Morgan fingerprint density at radius 3 is 2.65 bits per heavy atom. The molecule has 0 fully saturated rings. The molecule has 2 aromatic carbocycles. The summed E-state index contributed by atoms with van der Waals surface area (Å²) >= 11 is 0. The highest BCUT2D eigenvalue weighted by molar-refractivity contribution is 5.55. The Morgan fingerprint density at radius 2 is 2.00 bits per heavy atom. The van der Waals surface area contributed by atoms with E-state index < -0.39 is 4.92 Å². The number of nitrogens with zero attached hydrogens (tertiary/aromatic N) is 2. The molecule has 0 aliphatic carbocycles. The van der Waals surface area contributed by atoms with E-state index in [0.29, 0.717) is 16.9 Å². The highest BCUT2D eigenvalue weighted by atomic mass is 16.6. The van der Waals surface area contributed by atoms with Crippen LogP contribution in [0, 0.1) is 35.3 Å². The molecule has 0 aromatic heterocycles. The molecule has 5 nitrogen and oxygen atoms in total. The number of nitro benzene ring substituents is 1. The van der Waals surface area contributed by atoms with Crippen molar-refractivity contribution >= 4 is 5.69 Å². The second kappa shape index (κ2) is 5.41. The van der Waals surface area contributed by atoms with Gasteiger partial charge in [0.05, 0.1) is 16.6 Å². The third-order valence-corrected chi connectivity index (χ3v) is 2.78. The van der Waals surface area contributed by atoms with Gasteiger partial charge in [0.15, 0.2) is 0 Å². The third kappa shape index (κ3) is 2.75. The van der Waals surface area contributed by atoms with Gasteiger partial charge >= 0.3 is 5.69 Å². The van der Waals surface area contributed by atoms with Gasteiger partial charge in [0.25, 0.3) is 0 Å². The minimum atomic E-state index is -0.469. The number of hydrogen-bond acceptors (Lipinski definition) is 4. The summed E-state index contributed by atoms with van der Waals surface area (Å²) in [5.74, 6) is 0.606. The van der Waals surface area contributed by atoms with Crippen LogP contribution in [0.3, 0.4) is 0 Å². The van der Waals surface area contributed by atoms with Crippen molar-refractivity contribution in [2.45, 2.75) is 13.8 Å². The quantitative estimate of drug-likeness (QED) is 0.625. The van der Waals surface area contributed by atoms with Crippen LogP contribution in [0.15, 0.2) is 36.4 Å². The molecular weight excluding hydrogens is 256 g/mol. The standard InChI is InChI=1S/C15H12N2O3/c1-10-6-11(2)15(14(7-10)17(18)19)20-13-5-3-4-12(8-13)9-16/h3-8H,1-2H3. The van der Waals surface area contributed by atoms with Crippen molar-refractivity contribution in [2.24, 2.45) is 0 Å². The van der Waals surface area contributed by atoms with E-state index in [4.69, 9.17) is 10.00 Å². The van der Waals surface area contributed by atoms with E-state index >= 15 is 0 Å². The highest BCUT2D eigenvalue weighted by Gasteiger charge is 2.19. The predicted octanol–water partition coefficient (Wildman–Crippen LogP) is 3.88. The maximum absolute atomic E-state index is 11.1. The van der Waals surface area contributed by atoms with Gasteiger partial charge in [0, 0.05) is 6.07 Å². The van der Waals surface area contributed by atoms with Gasteiger partial charge in [-0.1, -0.05) is 12.1 Å². The highest BCUT2D eigenvalue weighted by Crippen LogP contribution is 2.35. The topological polar surface area (TPSA) is 76.2 Å². The zero-order chi connectivity index (χ0) is 14.7. The second-order valence-electron chi connectivity index (χ2n) is 4.43. The fourth-order valence-electron chi connectivity index (χ4n) is 1.95. The molecule has 2 rings (SSSR count). The third-order valence-electron chi connectivity index (χ3n) is 2.78. The lowest BCUT2D eigenvalue weighted by atomic mass is 10.1. The van der Waals surface area contributed by atoms with Gasteiger partial charge in [-0.2, -0.15) is 5.26 Å². The van der Waals surface area contributed by atoms with Crippen LogP contribution in [-0.4, -0.2) is 4.92 Å². The fourth-order valence-corrected chi connectivity index (χ4v) is 1.95. The molecule has 0 N–H and O–H groups in total. The lowest BCUT2D eigenvalue weighted by Gasteiger charge is -2.10. The van der Waals surface area contributed by atoms with Crippen molar-refractivity contribution in [1.29, 1.82) is 5.26 Å². The molecule has 100 valence electrons. The maximum Gasteiger partial charge on any atom is 0.312 e. The molecule has 0 heterocycles. The summed E-state index contributed by atoms with van der Waals surface area (Å²) in [5.41, 5.74) is 1.84. The maximum atomic E-state index is 11.1. The Labute approximate surface area is 116 Å². The van der Waals surface area contributed by atoms with E-state index in [2.05, 4.69) is 0 Å². The first-order valence-corrected chi connectivity index (χ1v) is 5.95. The SMILES string of the molecule is Cc1cc(C)c(Oc2cccc(C#N)c2)c([N+](=O)[O-])c1. The number of hydrogen-bond donors (Lipinski definition) is 0. The molecule has 0 bridgehead atoms. The summed E-state index contributed by atoms with van der Waals surface area (Å²) in [6.45, 7) is 3.55. The first-order valence-electron chi connectivity index (χ1n) is 5.95. The van der Waals surface area contributed by atoms with Crippen molar-refractivity contribution in [2.75, 3.05) is 0 Å². The number of rotatable bonds is 3. The second-order valence-corrected chi connectivity index (χ2v) is 4.43. The van der Waals surface area contributed by atoms with Crippen molar-refractivity contribution < 1.29 is 9.66 Å². The Hall–Kier alpha value is -2.87. The minimum absolute atomic E-state index is 0.0788. The number of nitro groups is 1. The summed E-state index contributed by atoms with van der Waals surface area (Å²) in [6, 6.07) is 11.8. The lowest BCUT2D eigenvalue weighted by molar-refractivity contribution is -0.385. The van der Waals surface area contributed by atoms with Gasteiger partial charge in [0.2, 0.25) is 5.75 Å². The monoisotopic (exact) mass is 268 g/mol. The number of benzene rings is 2. The Bertz CT molecular complexity index is 718. The molecule has 0 aliphatic heterocycles. The average Bonchev–Trinajstić information content (AvgIpc) is 2.41. The van der Waals surface area contributed by atoms with Crippen molar-refractivity contribution in [3.05, 3.63) is 63.2 Å².